The van der Waals surface area contributed by atoms with Gasteiger partial charge in [0, 0.05) is 11.4 Å². The first-order valence-corrected chi connectivity index (χ1v) is 6.05. The summed E-state index contributed by atoms with van der Waals surface area (Å²) in [5.74, 6) is -0.149. The molecule has 4 N–H and O–H groups in total. The largest absolute Gasteiger partial charge is 0.366 e. The second-order valence-electron chi connectivity index (χ2n) is 3.25. The summed E-state index contributed by atoms with van der Waals surface area (Å²) in [6, 6.07) is 3.77. The average Bonchev–Trinajstić information content (AvgIpc) is 2.88. The van der Waals surface area contributed by atoms with Gasteiger partial charge < -0.3 is 11.1 Å². The monoisotopic (exact) mass is 271 g/mol. The number of aromatic amines is 1. The van der Waals surface area contributed by atoms with Crippen LogP contribution in [0.4, 0.5) is 5.95 Å². The van der Waals surface area contributed by atoms with E-state index < -0.39 is 0 Å². The molecule has 2 aromatic heterocycles. The zero-order valence-corrected chi connectivity index (χ0v) is 10.3. The zero-order chi connectivity index (χ0) is 12.3. The van der Waals surface area contributed by atoms with Gasteiger partial charge in [0.25, 0.3) is 5.91 Å². The number of nitrogen functional groups attached to an aromatic ring is 1. The van der Waals surface area contributed by atoms with Crippen LogP contribution in [0.2, 0.25) is 4.34 Å². The minimum atomic E-state index is -0.322. The molecular weight excluding hydrogens is 262 g/mol. The molecule has 0 aliphatic rings. The number of anilines is 1. The van der Waals surface area contributed by atoms with Gasteiger partial charge in [0.05, 0.1) is 4.34 Å². The van der Waals surface area contributed by atoms with Crippen LogP contribution in [0.1, 0.15) is 15.5 Å². The van der Waals surface area contributed by atoms with Gasteiger partial charge in [-0.2, -0.15) is 4.98 Å². The molecule has 0 aromatic carbocycles. The Hall–Kier alpha value is -1.60. The molecule has 0 saturated carbocycles. The van der Waals surface area contributed by atoms with Gasteiger partial charge in [-0.15, -0.1) is 16.4 Å². The normalized spacial score (nSPS) is 10.4. The maximum absolute atomic E-state index is 11.5. The maximum atomic E-state index is 11.5. The van der Waals surface area contributed by atoms with Gasteiger partial charge in [0.15, 0.2) is 0 Å². The highest BCUT2D eigenvalue weighted by molar-refractivity contribution is 7.16. The molecule has 90 valence electrons. The van der Waals surface area contributed by atoms with Crippen LogP contribution in [0.3, 0.4) is 0 Å². The molecule has 0 spiro atoms. The first-order valence-electron chi connectivity index (χ1n) is 4.85. The minimum absolute atomic E-state index is 0.0557. The van der Waals surface area contributed by atoms with E-state index in [9.17, 15) is 4.79 Å². The van der Waals surface area contributed by atoms with Gasteiger partial charge in [-0.05, 0) is 18.6 Å². The van der Waals surface area contributed by atoms with Gasteiger partial charge in [0.1, 0.15) is 0 Å². The number of nitrogens with two attached hydrogens (primary N) is 1. The molecular formula is C9H10ClN5OS. The third-order valence-electron chi connectivity index (χ3n) is 2.00. The fourth-order valence-electron chi connectivity index (χ4n) is 1.25. The summed E-state index contributed by atoms with van der Waals surface area (Å²) in [7, 11) is 0. The van der Waals surface area contributed by atoms with Crippen LogP contribution in [0, 0.1) is 0 Å². The number of rotatable bonds is 4. The third-order valence-corrected chi connectivity index (χ3v) is 3.29. The number of halogens is 1. The van der Waals surface area contributed by atoms with Crippen molar-refractivity contribution in [2.24, 2.45) is 0 Å². The van der Waals surface area contributed by atoms with Gasteiger partial charge in [-0.25, -0.2) is 0 Å². The highest BCUT2D eigenvalue weighted by Crippen LogP contribution is 2.21. The SMILES string of the molecule is Nc1n[nH]c(C(=O)NCCc2ccc(Cl)s2)n1. The Bertz CT molecular complexity index is 523. The van der Waals surface area contributed by atoms with Gasteiger partial charge in [-0.3, -0.25) is 9.89 Å². The molecule has 2 rings (SSSR count). The molecule has 1 amide bonds. The minimum Gasteiger partial charge on any atom is -0.366 e. The van der Waals surface area contributed by atoms with E-state index in [4.69, 9.17) is 17.3 Å². The first-order chi connectivity index (χ1) is 8.15. The molecule has 0 atom stereocenters. The van der Waals surface area contributed by atoms with E-state index >= 15 is 0 Å². The number of nitrogens with one attached hydrogen (secondary N) is 2. The molecule has 0 bridgehead atoms. The van der Waals surface area contributed by atoms with E-state index in [1.807, 2.05) is 12.1 Å². The van der Waals surface area contributed by atoms with Crippen molar-refractivity contribution in [3.63, 3.8) is 0 Å². The summed E-state index contributed by atoms with van der Waals surface area (Å²) in [4.78, 5) is 16.4. The van der Waals surface area contributed by atoms with Crippen molar-refractivity contribution in [2.45, 2.75) is 6.42 Å². The number of carbonyl (C=O) groups is 1. The number of aromatic nitrogens is 3. The average molecular weight is 272 g/mol. The first kappa shape index (κ1) is 11.9. The summed E-state index contributed by atoms with van der Waals surface area (Å²) >= 11 is 7.29. The Kier molecular flexibility index (Phi) is 3.60. The highest BCUT2D eigenvalue weighted by atomic mass is 35.5. The molecule has 2 aromatic rings. The van der Waals surface area contributed by atoms with Crippen molar-refractivity contribution in [3.05, 3.63) is 27.2 Å². The van der Waals surface area contributed by atoms with Crippen molar-refractivity contribution in [1.29, 1.82) is 0 Å². The fraction of sp³-hybridized carbons (Fsp3) is 0.222. The lowest BCUT2D eigenvalue weighted by atomic mass is 10.3. The molecule has 0 unspecified atom stereocenters. The third kappa shape index (κ3) is 3.18. The van der Waals surface area contributed by atoms with Gasteiger partial charge in [-0.1, -0.05) is 11.6 Å². The molecule has 0 aliphatic carbocycles. The Labute approximate surface area is 106 Å². The Morgan fingerprint density at radius 3 is 3.00 bits per heavy atom. The standard InChI is InChI=1S/C9H10ClN5OS/c10-6-2-1-5(17-6)3-4-12-8(16)7-13-9(11)15-14-7/h1-2H,3-4H2,(H,12,16)(H3,11,13,14,15). The summed E-state index contributed by atoms with van der Waals surface area (Å²) in [6.45, 7) is 0.510. The van der Waals surface area contributed by atoms with Crippen LogP contribution < -0.4 is 11.1 Å². The van der Waals surface area contributed by atoms with Crippen LogP contribution in [0.15, 0.2) is 12.1 Å². The molecule has 0 fully saturated rings. The summed E-state index contributed by atoms with van der Waals surface area (Å²) < 4.78 is 0.745. The predicted molar refractivity (Wildman–Crippen MR) is 66.2 cm³/mol. The summed E-state index contributed by atoms with van der Waals surface area (Å²) in [6.07, 6.45) is 0.729. The number of carbonyl (C=O) groups excluding carboxylic acids is 1. The lowest BCUT2D eigenvalue weighted by molar-refractivity contribution is 0.0944. The molecule has 0 aliphatic heterocycles. The summed E-state index contributed by atoms with van der Waals surface area (Å²) in [5.41, 5.74) is 5.29. The van der Waals surface area contributed by atoms with E-state index in [0.29, 0.717) is 6.54 Å². The van der Waals surface area contributed by atoms with Gasteiger partial charge >= 0.3 is 0 Å². The molecule has 6 nitrogen and oxygen atoms in total. The Balaban J connectivity index is 1.81. The fourth-order valence-corrected chi connectivity index (χ4v) is 2.33. The van der Waals surface area contributed by atoms with E-state index in [0.717, 1.165) is 15.6 Å². The number of amides is 1. The highest BCUT2D eigenvalue weighted by Gasteiger charge is 2.09. The lowest BCUT2D eigenvalue weighted by Crippen LogP contribution is -2.26. The molecule has 2 heterocycles. The van der Waals surface area contributed by atoms with Crippen molar-refractivity contribution in [3.8, 4) is 0 Å². The maximum Gasteiger partial charge on any atom is 0.288 e. The van der Waals surface area contributed by atoms with Crippen molar-refractivity contribution in [1.82, 2.24) is 20.5 Å². The van der Waals surface area contributed by atoms with Crippen LogP contribution in [-0.2, 0) is 6.42 Å². The molecule has 0 saturated heterocycles. The molecule has 17 heavy (non-hydrogen) atoms. The smallest absolute Gasteiger partial charge is 0.288 e. The number of thiophene rings is 1. The topological polar surface area (TPSA) is 96.7 Å². The quantitative estimate of drug-likeness (QED) is 0.775. The predicted octanol–water partition coefficient (Wildman–Crippen LogP) is 1.07. The Morgan fingerprint density at radius 1 is 1.59 bits per heavy atom. The van der Waals surface area contributed by atoms with Crippen molar-refractivity contribution in [2.75, 3.05) is 12.3 Å². The second kappa shape index (κ2) is 5.15. The number of H-pyrrole nitrogens is 1. The van der Waals surface area contributed by atoms with E-state index in [1.165, 1.54) is 11.3 Å². The van der Waals surface area contributed by atoms with Crippen LogP contribution in [-0.4, -0.2) is 27.6 Å². The number of hydrogen-bond donors (Lipinski definition) is 3. The van der Waals surface area contributed by atoms with Crippen LogP contribution >= 0.6 is 22.9 Å². The van der Waals surface area contributed by atoms with Gasteiger partial charge in [0.2, 0.25) is 11.8 Å². The van der Waals surface area contributed by atoms with E-state index in [-0.39, 0.29) is 17.7 Å². The van der Waals surface area contributed by atoms with Crippen molar-refractivity contribution < 1.29 is 4.79 Å². The summed E-state index contributed by atoms with van der Waals surface area (Å²) in [5, 5.41) is 8.72. The lowest BCUT2D eigenvalue weighted by Gasteiger charge is -2.00. The van der Waals surface area contributed by atoms with E-state index in [2.05, 4.69) is 20.5 Å². The number of hydrogen-bond acceptors (Lipinski definition) is 5. The number of nitrogens with zero attached hydrogens (tertiary/aromatic N) is 2. The van der Waals surface area contributed by atoms with E-state index in [1.54, 1.807) is 0 Å². The zero-order valence-electron chi connectivity index (χ0n) is 8.74. The molecule has 8 heteroatoms. The second-order valence-corrected chi connectivity index (χ2v) is 5.05. The Morgan fingerprint density at radius 2 is 2.41 bits per heavy atom. The van der Waals surface area contributed by atoms with Crippen LogP contribution in [0.5, 0.6) is 0 Å². The van der Waals surface area contributed by atoms with Crippen molar-refractivity contribution >= 4 is 34.8 Å². The van der Waals surface area contributed by atoms with Crippen LogP contribution in [0.25, 0.3) is 0 Å². The molecule has 0 radical (unpaired) electrons.